The number of nitrogens with zero attached hydrogens (tertiary/aromatic N) is 1. The predicted molar refractivity (Wildman–Crippen MR) is 50.0 cm³/mol. The van der Waals surface area contributed by atoms with Gasteiger partial charge >= 0.3 is 0 Å². The first-order valence-corrected chi connectivity index (χ1v) is 4.77. The monoisotopic (exact) mass is 191 g/mol. The molecular weight excluding hydrogens is 172 g/mol. The fourth-order valence-electron chi connectivity index (χ4n) is 2.02. The van der Waals surface area contributed by atoms with E-state index < -0.39 is 11.8 Å². The van der Waals surface area contributed by atoms with Crippen molar-refractivity contribution in [2.75, 3.05) is 20.1 Å². The molecule has 0 saturated carbocycles. The first-order chi connectivity index (χ1) is 5.71. The summed E-state index contributed by atoms with van der Waals surface area (Å²) >= 11 is 0. The molecule has 1 atom stereocenters. The molecule has 1 fully saturated rings. The zero-order chi connectivity index (χ0) is 10.3. The minimum absolute atomic E-state index is 0.000718. The Labute approximate surface area is 79.1 Å². The summed E-state index contributed by atoms with van der Waals surface area (Å²) in [5.41, 5.74) is -0.000718. The number of alkyl halides is 2. The van der Waals surface area contributed by atoms with Gasteiger partial charge in [0.25, 0.3) is 5.92 Å². The van der Waals surface area contributed by atoms with Gasteiger partial charge in [0.15, 0.2) is 0 Å². The van der Waals surface area contributed by atoms with Crippen LogP contribution >= 0.6 is 0 Å². The summed E-state index contributed by atoms with van der Waals surface area (Å²) in [5, 5.41) is 0. The van der Waals surface area contributed by atoms with E-state index in [2.05, 4.69) is 0 Å². The van der Waals surface area contributed by atoms with Crippen molar-refractivity contribution < 1.29 is 8.78 Å². The molecule has 78 valence electrons. The summed E-state index contributed by atoms with van der Waals surface area (Å²) in [5.74, 6) is -2.94. The van der Waals surface area contributed by atoms with Gasteiger partial charge in [-0.2, -0.15) is 0 Å². The Morgan fingerprint density at radius 3 is 2.23 bits per heavy atom. The van der Waals surface area contributed by atoms with Crippen molar-refractivity contribution in [3.63, 3.8) is 0 Å². The third-order valence-corrected chi connectivity index (χ3v) is 2.47. The molecule has 1 heterocycles. The van der Waals surface area contributed by atoms with Gasteiger partial charge in [-0.15, -0.1) is 0 Å². The highest BCUT2D eigenvalue weighted by atomic mass is 19.3. The van der Waals surface area contributed by atoms with Gasteiger partial charge in [0.05, 0.1) is 6.54 Å². The van der Waals surface area contributed by atoms with E-state index in [9.17, 15) is 8.78 Å². The predicted octanol–water partition coefficient (Wildman–Crippen LogP) is 2.62. The van der Waals surface area contributed by atoms with Crippen molar-refractivity contribution in [2.24, 2.45) is 11.3 Å². The van der Waals surface area contributed by atoms with Crippen LogP contribution in [0.25, 0.3) is 0 Å². The smallest absolute Gasteiger partial charge is 0.264 e. The van der Waals surface area contributed by atoms with Crippen LogP contribution in [0, 0.1) is 11.3 Å². The van der Waals surface area contributed by atoms with Gasteiger partial charge in [0, 0.05) is 12.5 Å². The topological polar surface area (TPSA) is 3.24 Å². The van der Waals surface area contributed by atoms with Crippen molar-refractivity contribution in [2.45, 2.75) is 33.1 Å². The van der Waals surface area contributed by atoms with Crippen molar-refractivity contribution in [3.05, 3.63) is 0 Å². The number of hydrogen-bond donors (Lipinski definition) is 0. The largest absolute Gasteiger partial charge is 0.300 e. The zero-order valence-corrected chi connectivity index (χ0v) is 8.90. The highest BCUT2D eigenvalue weighted by Gasteiger charge is 2.47. The molecule has 1 nitrogen and oxygen atoms in total. The fraction of sp³-hybridized carbons (Fsp3) is 1.00. The summed E-state index contributed by atoms with van der Waals surface area (Å²) in [6.07, 6.45) is 0.602. The van der Waals surface area contributed by atoms with Crippen LogP contribution in [-0.4, -0.2) is 31.0 Å². The molecule has 13 heavy (non-hydrogen) atoms. The lowest BCUT2D eigenvalue weighted by molar-refractivity contribution is -0.0377. The van der Waals surface area contributed by atoms with E-state index >= 15 is 0 Å². The second-order valence-corrected chi connectivity index (χ2v) is 5.42. The summed E-state index contributed by atoms with van der Waals surface area (Å²) in [7, 11) is 1.76. The molecule has 0 aliphatic carbocycles. The first-order valence-electron chi connectivity index (χ1n) is 4.77. The maximum Gasteiger partial charge on any atom is 0.264 e. The molecule has 3 heteroatoms. The molecule has 0 spiro atoms. The van der Waals surface area contributed by atoms with Crippen LogP contribution in [0.4, 0.5) is 8.78 Å². The average molecular weight is 191 g/mol. The number of rotatable bonds is 1. The minimum atomic E-state index is -2.48. The van der Waals surface area contributed by atoms with Crippen molar-refractivity contribution in [1.82, 2.24) is 4.90 Å². The zero-order valence-electron chi connectivity index (χ0n) is 8.90. The molecule has 1 aliphatic rings. The Bertz CT molecular complexity index is 184. The maximum absolute atomic E-state index is 13.3. The highest BCUT2D eigenvalue weighted by molar-refractivity contribution is 4.90. The molecule has 0 N–H and O–H groups in total. The Morgan fingerprint density at radius 2 is 1.92 bits per heavy atom. The van der Waals surface area contributed by atoms with E-state index in [1.165, 1.54) is 0 Å². The maximum atomic E-state index is 13.3. The van der Waals surface area contributed by atoms with Gasteiger partial charge in [-0.1, -0.05) is 20.8 Å². The van der Waals surface area contributed by atoms with Crippen molar-refractivity contribution in [1.29, 1.82) is 0 Å². The first kappa shape index (κ1) is 10.9. The lowest BCUT2D eigenvalue weighted by atomic mass is 9.83. The Kier molecular flexibility index (Phi) is 2.68. The second-order valence-electron chi connectivity index (χ2n) is 5.42. The van der Waals surface area contributed by atoms with Gasteiger partial charge in [-0.3, -0.25) is 0 Å². The standard InChI is InChI=1S/C10H19F2N/c1-9(2,3)5-8-6-13(4)7-10(8,11)12/h8H,5-7H2,1-4H3. The van der Waals surface area contributed by atoms with Crippen LogP contribution < -0.4 is 0 Å². The number of hydrogen-bond acceptors (Lipinski definition) is 1. The Hall–Kier alpha value is -0.180. The molecule has 1 unspecified atom stereocenters. The molecular formula is C10H19F2N. The van der Waals surface area contributed by atoms with Crippen molar-refractivity contribution >= 4 is 0 Å². The second kappa shape index (κ2) is 3.19. The van der Waals surface area contributed by atoms with Gasteiger partial charge in [0.1, 0.15) is 0 Å². The van der Waals surface area contributed by atoms with E-state index in [4.69, 9.17) is 0 Å². The van der Waals surface area contributed by atoms with Crippen LogP contribution in [0.1, 0.15) is 27.2 Å². The van der Waals surface area contributed by atoms with Crippen LogP contribution in [-0.2, 0) is 0 Å². The highest BCUT2D eigenvalue weighted by Crippen LogP contribution is 2.39. The molecule has 1 saturated heterocycles. The number of halogens is 2. The quantitative estimate of drug-likeness (QED) is 0.616. The molecule has 0 aromatic heterocycles. The third-order valence-electron chi connectivity index (χ3n) is 2.47. The average Bonchev–Trinajstić information content (AvgIpc) is 2.00. The molecule has 0 bridgehead atoms. The third kappa shape index (κ3) is 2.90. The van der Waals surface area contributed by atoms with Crippen LogP contribution in [0.3, 0.4) is 0 Å². The molecule has 0 amide bonds. The fourth-order valence-corrected chi connectivity index (χ4v) is 2.02. The van der Waals surface area contributed by atoms with E-state index in [0.717, 1.165) is 0 Å². The van der Waals surface area contributed by atoms with Gasteiger partial charge in [-0.25, -0.2) is 8.78 Å². The van der Waals surface area contributed by atoms with Crippen molar-refractivity contribution in [3.8, 4) is 0 Å². The molecule has 0 radical (unpaired) electrons. The van der Waals surface area contributed by atoms with Gasteiger partial charge in [0.2, 0.25) is 0 Å². The van der Waals surface area contributed by atoms with E-state index in [0.29, 0.717) is 13.0 Å². The lowest BCUT2D eigenvalue weighted by Gasteiger charge is -2.26. The van der Waals surface area contributed by atoms with E-state index in [-0.39, 0.29) is 12.0 Å². The van der Waals surface area contributed by atoms with Gasteiger partial charge in [-0.05, 0) is 18.9 Å². The molecule has 0 aromatic rings. The summed E-state index contributed by atoms with van der Waals surface area (Å²) in [4.78, 5) is 1.72. The lowest BCUT2D eigenvalue weighted by Crippen LogP contribution is -2.30. The molecule has 1 aliphatic heterocycles. The van der Waals surface area contributed by atoms with Crippen LogP contribution in [0.5, 0.6) is 0 Å². The SMILES string of the molecule is CN1CC(CC(C)(C)C)C(F)(F)C1. The molecule has 1 rings (SSSR count). The van der Waals surface area contributed by atoms with E-state index in [1.54, 1.807) is 11.9 Å². The van der Waals surface area contributed by atoms with Crippen LogP contribution in [0.2, 0.25) is 0 Å². The normalized spacial score (nSPS) is 29.5. The summed E-state index contributed by atoms with van der Waals surface area (Å²) in [6.45, 7) is 6.50. The number of likely N-dealkylation sites (tertiary alicyclic amines) is 1. The summed E-state index contributed by atoms with van der Waals surface area (Å²) < 4.78 is 26.7. The minimum Gasteiger partial charge on any atom is -0.300 e. The molecule has 0 aromatic carbocycles. The van der Waals surface area contributed by atoms with Crippen LogP contribution in [0.15, 0.2) is 0 Å². The Balaban J connectivity index is 2.60. The Morgan fingerprint density at radius 1 is 1.38 bits per heavy atom. The summed E-state index contributed by atoms with van der Waals surface area (Å²) in [6, 6.07) is 0. The van der Waals surface area contributed by atoms with Gasteiger partial charge < -0.3 is 4.90 Å². The van der Waals surface area contributed by atoms with E-state index in [1.807, 2.05) is 20.8 Å².